The number of hydrogen-bond acceptors (Lipinski definition) is 1. The van der Waals surface area contributed by atoms with Crippen molar-refractivity contribution in [2.24, 2.45) is 0 Å². The van der Waals surface area contributed by atoms with E-state index in [1.165, 1.54) is 12.1 Å². The number of rotatable bonds is 5. The number of benzene rings is 2. The van der Waals surface area contributed by atoms with Gasteiger partial charge in [-0.3, -0.25) is 4.79 Å². The molecular weight excluding hydrogens is 289 g/mol. The van der Waals surface area contributed by atoms with Gasteiger partial charge in [0.05, 0.1) is 5.92 Å². The van der Waals surface area contributed by atoms with E-state index in [9.17, 15) is 9.18 Å². The van der Waals surface area contributed by atoms with E-state index < -0.39 is 0 Å². The van der Waals surface area contributed by atoms with Crippen molar-refractivity contribution in [1.82, 2.24) is 5.32 Å². The van der Waals surface area contributed by atoms with Crippen LogP contribution in [-0.2, 0) is 10.2 Å². The van der Waals surface area contributed by atoms with Crippen LogP contribution in [0, 0.1) is 12.7 Å². The minimum absolute atomic E-state index is 0.0104. The first-order valence-corrected chi connectivity index (χ1v) is 7.90. The maximum atomic E-state index is 13.4. The normalized spacial score (nSPS) is 12.7. The fourth-order valence-corrected chi connectivity index (χ4v) is 2.69. The maximum absolute atomic E-state index is 13.4. The van der Waals surface area contributed by atoms with Gasteiger partial charge in [-0.15, -0.1) is 0 Å². The molecule has 23 heavy (non-hydrogen) atoms. The van der Waals surface area contributed by atoms with Crippen LogP contribution in [0.1, 0.15) is 43.4 Å². The van der Waals surface area contributed by atoms with Crippen LogP contribution in [0.3, 0.4) is 0 Å². The average molecular weight is 313 g/mol. The van der Waals surface area contributed by atoms with Crippen molar-refractivity contribution in [3.8, 4) is 0 Å². The highest BCUT2D eigenvalue weighted by molar-refractivity contribution is 5.83. The molecule has 1 N–H and O–H groups in total. The molecule has 0 aliphatic heterocycles. The van der Waals surface area contributed by atoms with Crippen molar-refractivity contribution in [3.05, 3.63) is 71.0 Å². The molecule has 3 heteroatoms. The zero-order valence-corrected chi connectivity index (χ0v) is 14.2. The van der Waals surface area contributed by atoms with Crippen molar-refractivity contribution >= 4 is 5.91 Å². The van der Waals surface area contributed by atoms with Crippen LogP contribution in [0.5, 0.6) is 0 Å². The lowest BCUT2D eigenvalue weighted by molar-refractivity contribution is -0.122. The highest BCUT2D eigenvalue weighted by Crippen LogP contribution is 2.24. The monoisotopic (exact) mass is 313 g/mol. The van der Waals surface area contributed by atoms with Crippen LogP contribution in [0.25, 0.3) is 0 Å². The predicted molar refractivity (Wildman–Crippen MR) is 92.0 cm³/mol. The summed E-state index contributed by atoms with van der Waals surface area (Å²) in [5.41, 5.74) is 2.69. The third-order valence-corrected chi connectivity index (χ3v) is 4.36. The van der Waals surface area contributed by atoms with E-state index in [1.807, 2.05) is 58.0 Å². The van der Waals surface area contributed by atoms with Gasteiger partial charge in [0.25, 0.3) is 0 Å². The number of aryl methyl sites for hydroxylation is 1. The van der Waals surface area contributed by atoms with Gasteiger partial charge in [0, 0.05) is 12.0 Å². The molecule has 0 aliphatic rings. The van der Waals surface area contributed by atoms with E-state index in [2.05, 4.69) is 5.32 Å². The van der Waals surface area contributed by atoms with E-state index in [-0.39, 0.29) is 23.1 Å². The Morgan fingerprint density at radius 3 is 2.52 bits per heavy atom. The molecule has 2 aromatic rings. The Kier molecular flexibility index (Phi) is 5.19. The van der Waals surface area contributed by atoms with Crippen molar-refractivity contribution in [1.29, 1.82) is 0 Å². The van der Waals surface area contributed by atoms with Crippen molar-refractivity contribution in [3.63, 3.8) is 0 Å². The topological polar surface area (TPSA) is 29.1 Å². The fourth-order valence-electron chi connectivity index (χ4n) is 2.69. The zero-order valence-electron chi connectivity index (χ0n) is 14.2. The van der Waals surface area contributed by atoms with E-state index >= 15 is 0 Å². The third-order valence-electron chi connectivity index (χ3n) is 4.36. The van der Waals surface area contributed by atoms with Gasteiger partial charge in [0.1, 0.15) is 5.82 Å². The van der Waals surface area contributed by atoms with E-state index in [1.54, 1.807) is 6.07 Å². The molecule has 1 amide bonds. The van der Waals surface area contributed by atoms with Crippen molar-refractivity contribution in [2.45, 2.75) is 39.0 Å². The Bertz CT molecular complexity index is 694. The second-order valence-electron chi connectivity index (χ2n) is 6.69. The van der Waals surface area contributed by atoms with E-state index in [0.717, 1.165) is 16.7 Å². The average Bonchev–Trinajstić information content (AvgIpc) is 2.52. The van der Waals surface area contributed by atoms with E-state index in [4.69, 9.17) is 0 Å². The first-order chi connectivity index (χ1) is 10.8. The first kappa shape index (κ1) is 17.2. The smallest absolute Gasteiger partial charge is 0.227 e. The van der Waals surface area contributed by atoms with E-state index in [0.29, 0.717) is 6.54 Å². The minimum atomic E-state index is -0.330. The molecule has 0 heterocycles. The van der Waals surface area contributed by atoms with Crippen LogP contribution in [0.2, 0.25) is 0 Å². The summed E-state index contributed by atoms with van der Waals surface area (Å²) in [5, 5.41) is 3.00. The molecule has 0 aliphatic carbocycles. The van der Waals surface area contributed by atoms with Gasteiger partial charge < -0.3 is 5.32 Å². The highest BCUT2D eigenvalue weighted by Gasteiger charge is 2.24. The molecule has 0 radical (unpaired) electrons. The molecule has 2 aromatic carbocycles. The number of halogens is 1. The van der Waals surface area contributed by atoms with Gasteiger partial charge in [-0.25, -0.2) is 4.39 Å². The Morgan fingerprint density at radius 2 is 1.87 bits per heavy atom. The van der Waals surface area contributed by atoms with Crippen LogP contribution in [-0.4, -0.2) is 12.5 Å². The van der Waals surface area contributed by atoms with Crippen molar-refractivity contribution in [2.75, 3.05) is 6.54 Å². The number of nitrogens with one attached hydrogen (secondary N) is 1. The summed E-state index contributed by atoms with van der Waals surface area (Å²) in [6, 6.07) is 14.5. The first-order valence-electron chi connectivity index (χ1n) is 7.90. The molecule has 0 bridgehead atoms. The van der Waals surface area contributed by atoms with Gasteiger partial charge in [-0.2, -0.15) is 0 Å². The molecule has 2 rings (SSSR count). The Hall–Kier alpha value is -2.16. The Balaban J connectivity index is 2.05. The van der Waals surface area contributed by atoms with Gasteiger partial charge in [-0.05, 0) is 42.7 Å². The van der Waals surface area contributed by atoms with Gasteiger partial charge in [0.2, 0.25) is 5.91 Å². The van der Waals surface area contributed by atoms with Crippen LogP contribution in [0.4, 0.5) is 4.39 Å². The quantitative estimate of drug-likeness (QED) is 0.874. The summed E-state index contributed by atoms with van der Waals surface area (Å²) >= 11 is 0. The number of carbonyl (C=O) groups is 1. The predicted octanol–water partition coefficient (Wildman–Crippen LogP) is 4.33. The summed E-state index contributed by atoms with van der Waals surface area (Å²) in [6.45, 7) is 8.38. The summed E-state index contributed by atoms with van der Waals surface area (Å²) in [7, 11) is 0. The van der Waals surface area contributed by atoms with Crippen LogP contribution < -0.4 is 5.32 Å². The lowest BCUT2D eigenvalue weighted by Gasteiger charge is -2.27. The summed E-state index contributed by atoms with van der Waals surface area (Å²) in [6.07, 6.45) is 0. The van der Waals surface area contributed by atoms with Gasteiger partial charge in [-0.1, -0.05) is 50.2 Å². The molecule has 0 saturated carbocycles. The SMILES string of the molecule is Cc1ccccc1C(C)C(=O)NCC(C)(C)c1cccc(F)c1. The van der Waals surface area contributed by atoms with Gasteiger partial charge >= 0.3 is 0 Å². The van der Waals surface area contributed by atoms with Crippen LogP contribution in [0.15, 0.2) is 48.5 Å². The third kappa shape index (κ3) is 4.19. The number of amides is 1. The molecule has 0 fully saturated rings. The summed E-state index contributed by atoms with van der Waals surface area (Å²) in [4.78, 5) is 12.5. The molecule has 0 aromatic heterocycles. The summed E-state index contributed by atoms with van der Waals surface area (Å²) < 4.78 is 13.4. The molecule has 0 saturated heterocycles. The number of carbonyl (C=O) groups excluding carboxylic acids is 1. The number of hydrogen-bond donors (Lipinski definition) is 1. The molecule has 1 atom stereocenters. The molecular formula is C20H24FNO. The minimum Gasteiger partial charge on any atom is -0.355 e. The lowest BCUT2D eigenvalue weighted by atomic mass is 9.84. The summed E-state index contributed by atoms with van der Waals surface area (Å²) in [5.74, 6) is -0.474. The second kappa shape index (κ2) is 6.95. The zero-order chi connectivity index (χ0) is 17.0. The lowest BCUT2D eigenvalue weighted by Crippen LogP contribution is -2.38. The van der Waals surface area contributed by atoms with Crippen LogP contribution >= 0.6 is 0 Å². The molecule has 122 valence electrons. The molecule has 0 spiro atoms. The standard InChI is InChI=1S/C20H24FNO/c1-14-8-5-6-11-18(14)15(2)19(23)22-13-20(3,4)16-9-7-10-17(21)12-16/h5-12,15H,13H2,1-4H3,(H,22,23). The highest BCUT2D eigenvalue weighted by atomic mass is 19.1. The fraction of sp³-hybridized carbons (Fsp3) is 0.350. The Morgan fingerprint density at radius 1 is 1.17 bits per heavy atom. The second-order valence-corrected chi connectivity index (χ2v) is 6.69. The molecule has 1 unspecified atom stereocenters. The largest absolute Gasteiger partial charge is 0.355 e. The van der Waals surface area contributed by atoms with Crippen molar-refractivity contribution < 1.29 is 9.18 Å². The molecule has 2 nitrogen and oxygen atoms in total. The van der Waals surface area contributed by atoms with Gasteiger partial charge in [0.15, 0.2) is 0 Å². The maximum Gasteiger partial charge on any atom is 0.227 e. The Labute approximate surface area is 137 Å².